The Kier molecular flexibility index (Phi) is 4.99. The van der Waals surface area contributed by atoms with E-state index in [0.29, 0.717) is 5.56 Å². The van der Waals surface area contributed by atoms with Crippen molar-refractivity contribution < 1.29 is 9.53 Å². The van der Waals surface area contributed by atoms with Crippen molar-refractivity contribution in [2.24, 2.45) is 0 Å². The number of benzene rings is 3. The Morgan fingerprint density at radius 3 is 2.20 bits per heavy atom. The average molecular weight is 330 g/mol. The van der Waals surface area contributed by atoms with Crippen LogP contribution in [0, 0.1) is 20.8 Å². The number of carbonyl (C=O) groups excluding carboxylic acids is 1. The van der Waals surface area contributed by atoms with E-state index in [2.05, 4.69) is 32.9 Å². The first kappa shape index (κ1) is 17.0. The van der Waals surface area contributed by atoms with Gasteiger partial charge < -0.3 is 4.74 Å². The second kappa shape index (κ2) is 7.35. The third kappa shape index (κ3) is 3.63. The van der Waals surface area contributed by atoms with Crippen LogP contribution >= 0.6 is 0 Å². The standard InChI is InChI=1S/C23H22O2/c1-16-13-14-20(18(3)17(16)2)21-11-7-8-12-22(21)23(24)25-15-19-9-5-4-6-10-19/h4-14H,15H2,1-3H3. The molecule has 0 atom stereocenters. The Morgan fingerprint density at radius 1 is 0.760 bits per heavy atom. The summed E-state index contributed by atoms with van der Waals surface area (Å²) in [7, 11) is 0. The van der Waals surface area contributed by atoms with E-state index in [9.17, 15) is 4.79 Å². The molecule has 0 saturated heterocycles. The van der Waals surface area contributed by atoms with Gasteiger partial charge in [0.25, 0.3) is 0 Å². The maximum absolute atomic E-state index is 12.7. The molecule has 0 N–H and O–H groups in total. The van der Waals surface area contributed by atoms with Crippen LogP contribution in [0.4, 0.5) is 0 Å². The Labute approximate surface area is 149 Å². The number of carbonyl (C=O) groups is 1. The predicted molar refractivity (Wildman–Crippen MR) is 102 cm³/mol. The predicted octanol–water partition coefficient (Wildman–Crippen LogP) is 5.64. The van der Waals surface area contributed by atoms with Crippen molar-refractivity contribution in [3.8, 4) is 11.1 Å². The molecule has 0 fully saturated rings. The highest BCUT2D eigenvalue weighted by Gasteiger charge is 2.16. The largest absolute Gasteiger partial charge is 0.457 e. The van der Waals surface area contributed by atoms with E-state index in [4.69, 9.17) is 4.74 Å². The fourth-order valence-corrected chi connectivity index (χ4v) is 2.94. The molecule has 0 aliphatic rings. The minimum absolute atomic E-state index is 0.278. The van der Waals surface area contributed by atoms with E-state index < -0.39 is 0 Å². The Bertz CT molecular complexity index is 895. The molecule has 0 spiro atoms. The molecule has 126 valence electrons. The van der Waals surface area contributed by atoms with Crippen molar-refractivity contribution in [1.29, 1.82) is 0 Å². The maximum atomic E-state index is 12.7. The number of aryl methyl sites for hydroxylation is 1. The van der Waals surface area contributed by atoms with Crippen molar-refractivity contribution in [1.82, 2.24) is 0 Å². The molecule has 0 aliphatic carbocycles. The van der Waals surface area contributed by atoms with Crippen LogP contribution in [0.25, 0.3) is 11.1 Å². The molecule has 2 nitrogen and oxygen atoms in total. The second-order valence-corrected chi connectivity index (χ2v) is 6.29. The van der Waals surface area contributed by atoms with Crippen LogP contribution in [0.3, 0.4) is 0 Å². The number of ether oxygens (including phenoxy) is 1. The lowest BCUT2D eigenvalue weighted by Gasteiger charge is -2.15. The van der Waals surface area contributed by atoms with E-state index in [-0.39, 0.29) is 12.6 Å². The van der Waals surface area contributed by atoms with Gasteiger partial charge in [-0.3, -0.25) is 0 Å². The highest BCUT2D eigenvalue weighted by atomic mass is 16.5. The van der Waals surface area contributed by atoms with Crippen LogP contribution in [0.2, 0.25) is 0 Å². The maximum Gasteiger partial charge on any atom is 0.339 e. The molecular formula is C23H22O2. The molecule has 0 heterocycles. The molecule has 3 aromatic rings. The normalized spacial score (nSPS) is 10.5. The first-order valence-corrected chi connectivity index (χ1v) is 8.45. The van der Waals surface area contributed by atoms with Gasteiger partial charge in [-0.1, -0.05) is 60.7 Å². The first-order valence-electron chi connectivity index (χ1n) is 8.45. The average Bonchev–Trinajstić information content (AvgIpc) is 2.65. The van der Waals surface area contributed by atoms with Crippen molar-refractivity contribution in [3.63, 3.8) is 0 Å². The lowest BCUT2D eigenvalue weighted by atomic mass is 9.91. The smallest absolute Gasteiger partial charge is 0.339 e. The van der Waals surface area contributed by atoms with Crippen LogP contribution < -0.4 is 0 Å². The van der Waals surface area contributed by atoms with Crippen LogP contribution in [-0.2, 0) is 11.3 Å². The van der Waals surface area contributed by atoms with Gasteiger partial charge in [0.05, 0.1) is 5.56 Å². The van der Waals surface area contributed by atoms with Crippen LogP contribution in [0.5, 0.6) is 0 Å². The van der Waals surface area contributed by atoms with E-state index in [0.717, 1.165) is 16.7 Å². The van der Waals surface area contributed by atoms with E-state index >= 15 is 0 Å². The van der Waals surface area contributed by atoms with Gasteiger partial charge in [0.2, 0.25) is 0 Å². The number of hydrogen-bond donors (Lipinski definition) is 0. The van der Waals surface area contributed by atoms with Crippen molar-refractivity contribution in [2.75, 3.05) is 0 Å². The van der Waals surface area contributed by atoms with E-state index in [1.807, 2.05) is 54.6 Å². The zero-order valence-corrected chi connectivity index (χ0v) is 14.9. The first-order chi connectivity index (χ1) is 12.1. The Hall–Kier alpha value is -2.87. The lowest BCUT2D eigenvalue weighted by molar-refractivity contribution is 0.0473. The fraction of sp³-hybridized carbons (Fsp3) is 0.174. The molecule has 0 aliphatic heterocycles. The van der Waals surface area contributed by atoms with Gasteiger partial charge in [0.15, 0.2) is 0 Å². The molecule has 2 heteroatoms. The molecule has 3 rings (SSSR count). The van der Waals surface area contributed by atoms with Crippen molar-refractivity contribution >= 4 is 5.97 Å². The summed E-state index contributed by atoms with van der Waals surface area (Å²) in [5, 5.41) is 0. The monoisotopic (exact) mass is 330 g/mol. The molecular weight excluding hydrogens is 308 g/mol. The van der Waals surface area contributed by atoms with Gasteiger partial charge in [-0.05, 0) is 60.2 Å². The van der Waals surface area contributed by atoms with Gasteiger partial charge in [-0.15, -0.1) is 0 Å². The van der Waals surface area contributed by atoms with Gasteiger partial charge in [0, 0.05) is 0 Å². The van der Waals surface area contributed by atoms with E-state index in [1.165, 1.54) is 16.7 Å². The van der Waals surface area contributed by atoms with Crippen molar-refractivity contribution in [3.05, 3.63) is 94.5 Å². The fourth-order valence-electron chi connectivity index (χ4n) is 2.94. The van der Waals surface area contributed by atoms with Crippen LogP contribution in [0.1, 0.15) is 32.6 Å². The molecule has 0 radical (unpaired) electrons. The quantitative estimate of drug-likeness (QED) is 0.579. The van der Waals surface area contributed by atoms with Gasteiger partial charge in [-0.25, -0.2) is 4.79 Å². The molecule has 0 saturated carbocycles. The Morgan fingerprint density at radius 2 is 1.44 bits per heavy atom. The van der Waals surface area contributed by atoms with E-state index in [1.54, 1.807) is 0 Å². The molecule has 0 bridgehead atoms. The molecule has 0 unspecified atom stereocenters. The molecule has 0 aromatic heterocycles. The molecule has 25 heavy (non-hydrogen) atoms. The summed E-state index contributed by atoms with van der Waals surface area (Å²) in [6, 6.07) is 21.6. The SMILES string of the molecule is Cc1ccc(-c2ccccc2C(=O)OCc2ccccc2)c(C)c1C. The summed E-state index contributed by atoms with van der Waals surface area (Å²) in [5.74, 6) is -0.294. The number of hydrogen-bond acceptors (Lipinski definition) is 2. The summed E-state index contributed by atoms with van der Waals surface area (Å²) >= 11 is 0. The lowest BCUT2D eigenvalue weighted by Crippen LogP contribution is -2.07. The summed E-state index contributed by atoms with van der Waals surface area (Å²) in [6.45, 7) is 6.60. The summed E-state index contributed by atoms with van der Waals surface area (Å²) < 4.78 is 5.53. The third-order valence-corrected chi connectivity index (χ3v) is 4.71. The Balaban J connectivity index is 1.91. The highest BCUT2D eigenvalue weighted by molar-refractivity contribution is 5.97. The second-order valence-electron chi connectivity index (χ2n) is 6.29. The number of esters is 1. The van der Waals surface area contributed by atoms with Gasteiger partial charge in [-0.2, -0.15) is 0 Å². The summed E-state index contributed by atoms with van der Waals surface area (Å²) in [6.07, 6.45) is 0. The zero-order chi connectivity index (χ0) is 17.8. The molecule has 0 amide bonds. The minimum atomic E-state index is -0.294. The molecule has 3 aromatic carbocycles. The highest BCUT2D eigenvalue weighted by Crippen LogP contribution is 2.30. The topological polar surface area (TPSA) is 26.3 Å². The third-order valence-electron chi connectivity index (χ3n) is 4.71. The van der Waals surface area contributed by atoms with Crippen LogP contribution in [-0.4, -0.2) is 5.97 Å². The van der Waals surface area contributed by atoms with Gasteiger partial charge >= 0.3 is 5.97 Å². The van der Waals surface area contributed by atoms with Crippen LogP contribution in [0.15, 0.2) is 66.7 Å². The summed E-state index contributed by atoms with van der Waals surface area (Å²) in [5.41, 5.74) is 7.29. The zero-order valence-electron chi connectivity index (χ0n) is 14.9. The number of rotatable bonds is 4. The minimum Gasteiger partial charge on any atom is -0.457 e. The van der Waals surface area contributed by atoms with Crippen molar-refractivity contribution in [2.45, 2.75) is 27.4 Å². The van der Waals surface area contributed by atoms with Gasteiger partial charge in [0.1, 0.15) is 6.61 Å². The summed E-state index contributed by atoms with van der Waals surface area (Å²) in [4.78, 5) is 12.7.